The highest BCUT2D eigenvalue weighted by Crippen LogP contribution is 2.43. The van der Waals surface area contributed by atoms with Crippen molar-refractivity contribution in [1.82, 2.24) is 4.90 Å². The van der Waals surface area contributed by atoms with Crippen LogP contribution in [0.2, 0.25) is 0 Å². The van der Waals surface area contributed by atoms with Gasteiger partial charge in [-0.2, -0.15) is 0 Å². The highest BCUT2D eigenvalue weighted by atomic mass is 19.1. The molecule has 0 bridgehead atoms. The van der Waals surface area contributed by atoms with Crippen LogP contribution in [0, 0.1) is 5.82 Å². The number of hydrogen-bond acceptors (Lipinski definition) is 4. The van der Waals surface area contributed by atoms with Gasteiger partial charge in [0.2, 0.25) is 0 Å². The Labute approximate surface area is 186 Å². The van der Waals surface area contributed by atoms with Crippen LogP contribution < -0.4 is 9.47 Å². The number of amides is 1. The van der Waals surface area contributed by atoms with E-state index in [4.69, 9.17) is 9.47 Å². The van der Waals surface area contributed by atoms with Gasteiger partial charge in [-0.1, -0.05) is 54.6 Å². The van der Waals surface area contributed by atoms with Gasteiger partial charge in [-0.3, -0.25) is 4.79 Å². The highest BCUT2D eigenvalue weighted by molar-refractivity contribution is 6.05. The van der Waals surface area contributed by atoms with E-state index in [0.29, 0.717) is 34.6 Å². The molecule has 1 amide bonds. The first-order chi connectivity index (χ1) is 15.5. The van der Waals surface area contributed by atoms with Crippen molar-refractivity contribution in [3.05, 3.63) is 101 Å². The van der Waals surface area contributed by atoms with Gasteiger partial charge in [-0.25, -0.2) is 4.39 Å². The monoisotopic (exact) mass is 433 g/mol. The van der Waals surface area contributed by atoms with E-state index in [1.807, 2.05) is 42.5 Å². The summed E-state index contributed by atoms with van der Waals surface area (Å²) in [4.78, 5) is 14.6. The quantitative estimate of drug-likeness (QED) is 0.574. The average Bonchev–Trinajstić information content (AvgIpc) is 3.08. The summed E-state index contributed by atoms with van der Waals surface area (Å²) in [6.45, 7) is 0.285. The molecular formula is C26H24FNO4. The first kappa shape index (κ1) is 21.4. The van der Waals surface area contributed by atoms with E-state index in [2.05, 4.69) is 0 Å². The van der Waals surface area contributed by atoms with Crippen LogP contribution in [-0.4, -0.2) is 36.7 Å². The van der Waals surface area contributed by atoms with Gasteiger partial charge in [0.1, 0.15) is 5.82 Å². The van der Waals surface area contributed by atoms with E-state index in [9.17, 15) is 14.3 Å². The maximum Gasteiger partial charge on any atom is 0.289 e. The van der Waals surface area contributed by atoms with E-state index in [1.54, 1.807) is 38.5 Å². The Balaban J connectivity index is 1.70. The summed E-state index contributed by atoms with van der Waals surface area (Å²) in [5.41, 5.74) is 2.36. The van der Waals surface area contributed by atoms with E-state index >= 15 is 0 Å². The van der Waals surface area contributed by atoms with Crippen molar-refractivity contribution in [2.45, 2.75) is 12.5 Å². The van der Waals surface area contributed by atoms with E-state index < -0.39 is 17.8 Å². The minimum atomic E-state index is -0.730. The lowest BCUT2D eigenvalue weighted by Gasteiger charge is -2.28. The van der Waals surface area contributed by atoms with Gasteiger partial charge in [-0.05, 0) is 35.7 Å². The number of aliphatic hydroxyl groups is 1. The number of carbonyl (C=O) groups excluding carboxylic acids is 1. The van der Waals surface area contributed by atoms with Crippen molar-refractivity contribution in [2.75, 3.05) is 20.8 Å². The Kier molecular flexibility index (Phi) is 6.12. The van der Waals surface area contributed by atoms with E-state index in [0.717, 1.165) is 5.56 Å². The normalized spacial score (nSPS) is 15.9. The van der Waals surface area contributed by atoms with Gasteiger partial charge in [0.15, 0.2) is 17.3 Å². The largest absolute Gasteiger partial charge is 0.503 e. The fourth-order valence-corrected chi connectivity index (χ4v) is 4.10. The Bertz CT molecular complexity index is 1160. The highest BCUT2D eigenvalue weighted by Gasteiger charge is 2.41. The summed E-state index contributed by atoms with van der Waals surface area (Å²) in [5, 5.41) is 10.8. The van der Waals surface area contributed by atoms with Gasteiger partial charge in [0.05, 0.1) is 20.3 Å². The van der Waals surface area contributed by atoms with Crippen LogP contribution in [0.4, 0.5) is 4.39 Å². The number of rotatable bonds is 7. The molecule has 3 aromatic rings. The van der Waals surface area contributed by atoms with Gasteiger partial charge >= 0.3 is 0 Å². The smallest absolute Gasteiger partial charge is 0.289 e. The van der Waals surface area contributed by atoms with Crippen LogP contribution in [0.1, 0.15) is 22.7 Å². The van der Waals surface area contributed by atoms with Crippen molar-refractivity contribution in [1.29, 1.82) is 0 Å². The lowest BCUT2D eigenvalue weighted by molar-refractivity contribution is -0.129. The number of nitrogens with zero attached hydrogens (tertiary/aromatic N) is 1. The minimum Gasteiger partial charge on any atom is -0.503 e. The zero-order valence-electron chi connectivity index (χ0n) is 17.9. The molecule has 6 heteroatoms. The molecule has 164 valence electrons. The van der Waals surface area contributed by atoms with Gasteiger partial charge < -0.3 is 19.5 Å². The first-order valence-electron chi connectivity index (χ1n) is 10.3. The second kappa shape index (κ2) is 9.14. The second-order valence-corrected chi connectivity index (χ2v) is 7.49. The van der Waals surface area contributed by atoms with Crippen molar-refractivity contribution < 1.29 is 23.8 Å². The molecule has 0 fully saturated rings. The molecule has 3 aromatic carbocycles. The Morgan fingerprint density at radius 3 is 2.31 bits per heavy atom. The molecule has 1 aliphatic rings. The zero-order chi connectivity index (χ0) is 22.7. The van der Waals surface area contributed by atoms with E-state index in [-0.39, 0.29) is 12.3 Å². The molecule has 1 atom stereocenters. The van der Waals surface area contributed by atoms with Gasteiger partial charge in [0, 0.05) is 17.7 Å². The molecule has 0 radical (unpaired) electrons. The van der Waals surface area contributed by atoms with Gasteiger partial charge in [-0.15, -0.1) is 0 Å². The van der Waals surface area contributed by atoms with Crippen LogP contribution in [0.5, 0.6) is 11.5 Å². The van der Waals surface area contributed by atoms with Crippen molar-refractivity contribution >= 4 is 11.5 Å². The molecular weight excluding hydrogens is 409 g/mol. The maximum absolute atomic E-state index is 14.8. The molecule has 32 heavy (non-hydrogen) atoms. The summed E-state index contributed by atoms with van der Waals surface area (Å²) in [6.07, 6.45) is 0.492. The third-order valence-corrected chi connectivity index (χ3v) is 5.68. The maximum atomic E-state index is 14.8. The Hall–Kier alpha value is -3.80. The predicted molar refractivity (Wildman–Crippen MR) is 120 cm³/mol. The predicted octanol–water partition coefficient (Wildman–Crippen LogP) is 4.94. The minimum absolute atomic E-state index is 0.285. The summed E-state index contributed by atoms with van der Waals surface area (Å²) in [7, 11) is 3.13. The van der Waals surface area contributed by atoms with Crippen molar-refractivity contribution in [2.24, 2.45) is 0 Å². The molecule has 0 unspecified atom stereocenters. The van der Waals surface area contributed by atoms with Crippen molar-refractivity contribution in [3.63, 3.8) is 0 Å². The third kappa shape index (κ3) is 3.91. The molecule has 1 heterocycles. The standard InChI is InChI=1S/C26H24FNO4/c1-31-21-13-12-17(16-22(21)32-2)14-15-28-24(19-10-6-7-11-20(19)27)23(25(29)26(28)30)18-8-4-3-5-9-18/h3-13,16,24,29H,14-15H2,1-2H3/t24-/m1/s1. The fraction of sp³-hybridized carbons (Fsp3) is 0.192. The van der Waals surface area contributed by atoms with Gasteiger partial charge in [0.25, 0.3) is 5.91 Å². The molecule has 0 spiro atoms. The molecule has 0 saturated carbocycles. The lowest BCUT2D eigenvalue weighted by Crippen LogP contribution is -2.32. The van der Waals surface area contributed by atoms with Crippen LogP contribution >= 0.6 is 0 Å². The molecule has 1 aliphatic heterocycles. The van der Waals surface area contributed by atoms with Crippen LogP contribution in [0.3, 0.4) is 0 Å². The average molecular weight is 433 g/mol. The number of methoxy groups -OCH3 is 2. The van der Waals surface area contributed by atoms with Crippen molar-refractivity contribution in [3.8, 4) is 11.5 Å². The SMILES string of the molecule is COc1ccc(CCN2C(=O)C(O)=C(c3ccccc3)[C@H]2c2ccccc2F)cc1OC. The summed E-state index contributed by atoms with van der Waals surface area (Å²) >= 11 is 0. The number of hydrogen-bond donors (Lipinski definition) is 1. The molecule has 0 saturated heterocycles. The summed E-state index contributed by atoms with van der Waals surface area (Å²) < 4.78 is 25.5. The van der Waals surface area contributed by atoms with Crippen LogP contribution in [0.15, 0.2) is 78.6 Å². The fourth-order valence-electron chi connectivity index (χ4n) is 4.10. The molecule has 4 rings (SSSR count). The van der Waals surface area contributed by atoms with Crippen LogP contribution in [-0.2, 0) is 11.2 Å². The molecule has 5 nitrogen and oxygen atoms in total. The number of benzene rings is 3. The number of ether oxygens (including phenoxy) is 2. The van der Waals surface area contributed by atoms with E-state index in [1.165, 1.54) is 11.0 Å². The molecule has 1 N–H and O–H groups in total. The molecule has 0 aromatic heterocycles. The van der Waals surface area contributed by atoms with Crippen LogP contribution in [0.25, 0.3) is 5.57 Å². The number of aliphatic hydroxyl groups excluding tert-OH is 1. The lowest BCUT2D eigenvalue weighted by atomic mass is 9.93. The molecule has 0 aliphatic carbocycles. The number of carbonyl (C=O) groups is 1. The first-order valence-corrected chi connectivity index (χ1v) is 10.3. The Morgan fingerprint density at radius 1 is 0.938 bits per heavy atom. The third-order valence-electron chi connectivity index (χ3n) is 5.68. The Morgan fingerprint density at radius 2 is 1.62 bits per heavy atom. The number of halogens is 1. The zero-order valence-corrected chi connectivity index (χ0v) is 17.9. The second-order valence-electron chi connectivity index (χ2n) is 7.49. The topological polar surface area (TPSA) is 59.0 Å². The summed E-state index contributed by atoms with van der Waals surface area (Å²) in [5.74, 6) is -0.0864. The summed E-state index contributed by atoms with van der Waals surface area (Å²) in [6, 6.07) is 20.3.